The minimum Gasteiger partial charge on any atom is -0.479 e. The fraction of sp³-hybridized carbons (Fsp3) is 0.176. The Morgan fingerprint density at radius 1 is 1.30 bits per heavy atom. The summed E-state index contributed by atoms with van der Waals surface area (Å²) in [6.07, 6.45) is -0.686. The number of ether oxygens (including phenoxy) is 1. The molecule has 0 radical (unpaired) electrons. The Labute approximate surface area is 138 Å². The molecule has 1 heterocycles. The van der Waals surface area contributed by atoms with Gasteiger partial charge in [-0.3, -0.25) is 4.79 Å². The molecule has 1 aliphatic heterocycles. The summed E-state index contributed by atoms with van der Waals surface area (Å²) in [4.78, 5) is 25.1. The lowest BCUT2D eigenvalue weighted by atomic mass is 10.1. The predicted octanol–water partition coefficient (Wildman–Crippen LogP) is 3.35. The SMILES string of the molecule is CC1Oc2cc(C(=O)O)ccc2N(Cc2ccccc2Cl)C1=O. The van der Waals surface area contributed by atoms with Crippen LogP contribution in [0.1, 0.15) is 22.8 Å². The van der Waals surface area contributed by atoms with E-state index >= 15 is 0 Å². The van der Waals surface area contributed by atoms with Crippen molar-refractivity contribution in [1.29, 1.82) is 0 Å². The first kappa shape index (κ1) is 15.4. The highest BCUT2D eigenvalue weighted by molar-refractivity contribution is 6.31. The highest BCUT2D eigenvalue weighted by Gasteiger charge is 2.32. The number of carboxylic acid groups (broad SMARTS) is 1. The minimum absolute atomic E-state index is 0.114. The van der Waals surface area contributed by atoms with Gasteiger partial charge < -0.3 is 14.7 Å². The first-order valence-corrected chi connectivity index (χ1v) is 7.44. The first-order valence-electron chi connectivity index (χ1n) is 7.06. The van der Waals surface area contributed by atoms with Crippen LogP contribution in [0.2, 0.25) is 5.02 Å². The summed E-state index contributed by atoms with van der Waals surface area (Å²) >= 11 is 6.17. The summed E-state index contributed by atoms with van der Waals surface area (Å²) < 4.78 is 5.55. The molecule has 118 valence electrons. The normalized spacial score (nSPS) is 16.7. The van der Waals surface area contributed by atoms with E-state index in [9.17, 15) is 9.59 Å². The highest BCUT2D eigenvalue weighted by atomic mass is 35.5. The number of hydrogen-bond donors (Lipinski definition) is 1. The van der Waals surface area contributed by atoms with E-state index in [1.165, 1.54) is 12.1 Å². The molecular formula is C17H14ClNO4. The summed E-state index contributed by atoms with van der Waals surface area (Å²) in [5.41, 5.74) is 1.46. The number of rotatable bonds is 3. The van der Waals surface area contributed by atoms with Crippen LogP contribution in [0.4, 0.5) is 5.69 Å². The molecule has 0 aliphatic carbocycles. The maximum atomic E-state index is 12.5. The summed E-state index contributed by atoms with van der Waals surface area (Å²) in [6.45, 7) is 1.93. The van der Waals surface area contributed by atoms with Gasteiger partial charge in [-0.1, -0.05) is 29.8 Å². The fourth-order valence-electron chi connectivity index (χ4n) is 2.50. The number of halogens is 1. The monoisotopic (exact) mass is 331 g/mol. The van der Waals surface area contributed by atoms with E-state index in [1.807, 2.05) is 18.2 Å². The van der Waals surface area contributed by atoms with E-state index in [4.69, 9.17) is 21.4 Å². The van der Waals surface area contributed by atoms with Crippen molar-refractivity contribution in [3.63, 3.8) is 0 Å². The quantitative estimate of drug-likeness (QED) is 0.936. The number of aromatic carboxylic acids is 1. The van der Waals surface area contributed by atoms with Crippen LogP contribution in [0, 0.1) is 0 Å². The molecule has 2 aromatic rings. The van der Waals surface area contributed by atoms with Crippen LogP contribution in [0.25, 0.3) is 0 Å². The Bertz CT molecular complexity index is 790. The smallest absolute Gasteiger partial charge is 0.335 e. The number of nitrogens with zero attached hydrogens (tertiary/aromatic N) is 1. The van der Waals surface area contributed by atoms with Gasteiger partial charge in [-0.2, -0.15) is 0 Å². The molecule has 1 N–H and O–H groups in total. The molecule has 2 aromatic carbocycles. The molecule has 0 fully saturated rings. The van der Waals surface area contributed by atoms with E-state index < -0.39 is 12.1 Å². The Hall–Kier alpha value is -2.53. The molecule has 1 aliphatic rings. The highest BCUT2D eigenvalue weighted by Crippen LogP contribution is 2.36. The summed E-state index contributed by atoms with van der Waals surface area (Å²) in [7, 11) is 0. The minimum atomic E-state index is -1.04. The van der Waals surface area contributed by atoms with Crippen molar-refractivity contribution in [3.8, 4) is 5.75 Å². The molecule has 1 atom stereocenters. The van der Waals surface area contributed by atoms with Gasteiger partial charge in [0.25, 0.3) is 5.91 Å². The average Bonchev–Trinajstić information content (AvgIpc) is 2.53. The van der Waals surface area contributed by atoms with Crippen LogP contribution >= 0.6 is 11.6 Å². The van der Waals surface area contributed by atoms with Gasteiger partial charge in [0, 0.05) is 5.02 Å². The molecule has 0 bridgehead atoms. The lowest BCUT2D eigenvalue weighted by Crippen LogP contribution is -2.44. The standard InChI is InChI=1S/C17H14ClNO4/c1-10-16(20)19(9-12-4-2-3-5-13(12)18)14-7-6-11(17(21)22)8-15(14)23-10/h2-8,10H,9H2,1H3,(H,21,22). The number of anilines is 1. The van der Waals surface area contributed by atoms with Gasteiger partial charge in [-0.05, 0) is 36.8 Å². The zero-order chi connectivity index (χ0) is 16.6. The number of carbonyl (C=O) groups excluding carboxylic acids is 1. The van der Waals surface area contributed by atoms with Crippen molar-refractivity contribution >= 4 is 29.2 Å². The van der Waals surface area contributed by atoms with Crippen molar-refractivity contribution in [1.82, 2.24) is 0 Å². The van der Waals surface area contributed by atoms with Crippen molar-refractivity contribution in [2.75, 3.05) is 4.90 Å². The lowest BCUT2D eigenvalue weighted by Gasteiger charge is -2.33. The number of amides is 1. The van der Waals surface area contributed by atoms with E-state index in [1.54, 1.807) is 24.0 Å². The Kier molecular flexibility index (Phi) is 3.96. The van der Waals surface area contributed by atoms with E-state index in [2.05, 4.69) is 0 Å². The second-order valence-corrected chi connectivity index (χ2v) is 5.67. The Morgan fingerprint density at radius 2 is 2.04 bits per heavy atom. The van der Waals surface area contributed by atoms with Gasteiger partial charge in [0.05, 0.1) is 17.8 Å². The van der Waals surface area contributed by atoms with Crippen LogP contribution in [0.3, 0.4) is 0 Å². The maximum absolute atomic E-state index is 12.5. The van der Waals surface area contributed by atoms with Crippen molar-refractivity contribution < 1.29 is 19.4 Å². The van der Waals surface area contributed by atoms with Gasteiger partial charge in [-0.25, -0.2) is 4.79 Å². The van der Waals surface area contributed by atoms with Crippen LogP contribution in [0.5, 0.6) is 5.75 Å². The zero-order valence-corrected chi connectivity index (χ0v) is 13.1. The molecule has 0 aromatic heterocycles. The number of hydrogen-bond acceptors (Lipinski definition) is 3. The predicted molar refractivity (Wildman–Crippen MR) is 86.1 cm³/mol. The third-order valence-electron chi connectivity index (χ3n) is 3.70. The van der Waals surface area contributed by atoms with Gasteiger partial charge in [0.2, 0.25) is 0 Å². The van der Waals surface area contributed by atoms with E-state index in [0.717, 1.165) is 5.56 Å². The molecule has 23 heavy (non-hydrogen) atoms. The van der Waals surface area contributed by atoms with Gasteiger partial charge >= 0.3 is 5.97 Å². The van der Waals surface area contributed by atoms with Crippen molar-refractivity contribution in [2.24, 2.45) is 0 Å². The second-order valence-electron chi connectivity index (χ2n) is 5.26. The molecule has 6 heteroatoms. The third-order valence-corrected chi connectivity index (χ3v) is 4.07. The Morgan fingerprint density at radius 3 is 2.74 bits per heavy atom. The van der Waals surface area contributed by atoms with Crippen LogP contribution in [0.15, 0.2) is 42.5 Å². The van der Waals surface area contributed by atoms with Crippen LogP contribution < -0.4 is 9.64 Å². The van der Waals surface area contributed by atoms with Gasteiger partial charge in [0.15, 0.2) is 6.10 Å². The first-order chi connectivity index (χ1) is 11.0. The third kappa shape index (κ3) is 2.87. The van der Waals surface area contributed by atoms with E-state index in [-0.39, 0.29) is 11.5 Å². The van der Waals surface area contributed by atoms with Gasteiger partial charge in [-0.15, -0.1) is 0 Å². The van der Waals surface area contributed by atoms with Gasteiger partial charge in [0.1, 0.15) is 5.75 Å². The molecule has 0 saturated heterocycles. The Balaban J connectivity index is 2.02. The zero-order valence-electron chi connectivity index (χ0n) is 12.3. The maximum Gasteiger partial charge on any atom is 0.335 e. The molecule has 0 saturated carbocycles. The molecular weight excluding hydrogens is 318 g/mol. The number of carbonyl (C=O) groups is 2. The van der Waals surface area contributed by atoms with E-state index in [0.29, 0.717) is 23.0 Å². The summed E-state index contributed by atoms with van der Waals surface area (Å²) in [5, 5.41) is 9.66. The molecule has 1 amide bonds. The van der Waals surface area contributed by atoms with Crippen molar-refractivity contribution in [3.05, 3.63) is 58.6 Å². The summed E-state index contributed by atoms with van der Waals surface area (Å²) in [6, 6.07) is 11.8. The lowest BCUT2D eigenvalue weighted by molar-refractivity contribution is -0.125. The number of benzene rings is 2. The number of carboxylic acids is 1. The molecule has 0 spiro atoms. The second kappa shape index (κ2) is 5.93. The average molecular weight is 332 g/mol. The topological polar surface area (TPSA) is 66.8 Å². The largest absolute Gasteiger partial charge is 0.479 e. The molecule has 5 nitrogen and oxygen atoms in total. The molecule has 3 rings (SSSR count). The van der Waals surface area contributed by atoms with Crippen LogP contribution in [-0.4, -0.2) is 23.1 Å². The summed E-state index contributed by atoms with van der Waals surface area (Å²) in [5.74, 6) is -0.858. The fourth-order valence-corrected chi connectivity index (χ4v) is 2.70. The molecule has 1 unspecified atom stereocenters. The number of fused-ring (bicyclic) bond motifs is 1. The van der Waals surface area contributed by atoms with Crippen LogP contribution in [-0.2, 0) is 11.3 Å². The van der Waals surface area contributed by atoms with Crippen molar-refractivity contribution in [2.45, 2.75) is 19.6 Å².